The predicted octanol–water partition coefficient (Wildman–Crippen LogP) is 3.92. The van der Waals surface area contributed by atoms with Crippen molar-refractivity contribution in [2.45, 2.75) is 26.5 Å². The van der Waals surface area contributed by atoms with Crippen LogP contribution in [0.5, 0.6) is 11.5 Å². The smallest absolute Gasteiger partial charge is 0.387 e. The summed E-state index contributed by atoms with van der Waals surface area (Å²) in [6.45, 7) is 4.58. The Hall–Kier alpha value is -3.47. The number of anilines is 1. The highest BCUT2D eigenvalue weighted by molar-refractivity contribution is 7.80. The maximum Gasteiger partial charge on any atom is 0.387 e. The Kier molecular flexibility index (Phi) is 7.08. The average molecular weight is 464 g/mol. The van der Waals surface area contributed by atoms with Gasteiger partial charge >= 0.3 is 6.61 Å². The molecule has 1 amide bonds. The topological polar surface area (TPSA) is 88.9 Å². The zero-order valence-electron chi connectivity index (χ0n) is 17.6. The lowest BCUT2D eigenvalue weighted by molar-refractivity contribution is -0.113. The van der Waals surface area contributed by atoms with Crippen molar-refractivity contribution in [1.29, 1.82) is 0 Å². The van der Waals surface area contributed by atoms with E-state index in [1.807, 2.05) is 0 Å². The van der Waals surface area contributed by atoms with Crippen LogP contribution in [-0.4, -0.2) is 41.3 Å². The molecule has 1 unspecified atom stereocenters. The first kappa shape index (κ1) is 23.2. The Morgan fingerprint density at radius 1 is 1.41 bits per heavy atom. The van der Waals surface area contributed by atoms with E-state index in [1.54, 1.807) is 37.0 Å². The highest BCUT2D eigenvalue weighted by atomic mass is 32.1. The summed E-state index contributed by atoms with van der Waals surface area (Å²) in [5.74, 6) is 0.333. The molecule has 3 rings (SSSR count). The number of hydrogen-bond acceptors (Lipinski definition) is 6. The third kappa shape index (κ3) is 4.88. The number of hydrogen-bond donors (Lipinski definition) is 2. The Bertz CT molecular complexity index is 1070. The van der Waals surface area contributed by atoms with Gasteiger partial charge in [-0.3, -0.25) is 4.79 Å². The second kappa shape index (κ2) is 9.77. The van der Waals surface area contributed by atoms with Gasteiger partial charge in [0.15, 0.2) is 22.4 Å². The highest BCUT2D eigenvalue weighted by Crippen LogP contribution is 2.36. The van der Waals surface area contributed by atoms with E-state index < -0.39 is 18.6 Å². The molecule has 0 bridgehead atoms. The number of nitrogens with zero attached hydrogens (tertiary/aromatic N) is 2. The number of carbonyl (C=O) groups is 1. The summed E-state index contributed by atoms with van der Waals surface area (Å²) in [5.41, 5.74) is 1.51. The van der Waals surface area contributed by atoms with E-state index in [4.69, 9.17) is 21.5 Å². The summed E-state index contributed by atoms with van der Waals surface area (Å²) in [4.78, 5) is 15.0. The molecular weight excluding hydrogens is 442 g/mol. The average Bonchev–Trinajstić information content (AvgIpc) is 3.14. The number of rotatable bonds is 8. The Balaban J connectivity index is 2.04. The molecule has 1 aromatic carbocycles. The monoisotopic (exact) mass is 464 g/mol. The van der Waals surface area contributed by atoms with Gasteiger partial charge in [0, 0.05) is 18.3 Å². The molecule has 2 aromatic rings. The van der Waals surface area contributed by atoms with Gasteiger partial charge in [-0.2, -0.15) is 8.78 Å². The lowest BCUT2D eigenvalue weighted by atomic mass is 9.94. The third-order valence-corrected chi connectivity index (χ3v) is 5.10. The van der Waals surface area contributed by atoms with Crippen molar-refractivity contribution >= 4 is 29.1 Å². The van der Waals surface area contributed by atoms with Crippen molar-refractivity contribution in [3.05, 3.63) is 59.5 Å². The zero-order chi connectivity index (χ0) is 23.4. The van der Waals surface area contributed by atoms with Crippen LogP contribution in [0, 0.1) is 6.92 Å². The second-order valence-electron chi connectivity index (χ2n) is 6.85. The van der Waals surface area contributed by atoms with E-state index in [0.29, 0.717) is 34.3 Å². The van der Waals surface area contributed by atoms with Crippen molar-refractivity contribution in [3.63, 3.8) is 0 Å². The Morgan fingerprint density at radius 2 is 2.16 bits per heavy atom. The van der Waals surface area contributed by atoms with Gasteiger partial charge in [0.05, 0.1) is 18.7 Å². The molecule has 0 saturated carbocycles. The van der Waals surface area contributed by atoms with Crippen molar-refractivity contribution in [1.82, 2.24) is 15.4 Å². The van der Waals surface area contributed by atoms with E-state index in [1.165, 1.54) is 19.2 Å². The molecule has 0 radical (unpaired) electrons. The molecule has 8 nitrogen and oxygen atoms in total. The van der Waals surface area contributed by atoms with E-state index in [9.17, 15) is 13.6 Å². The van der Waals surface area contributed by atoms with Crippen molar-refractivity contribution in [2.24, 2.45) is 0 Å². The van der Waals surface area contributed by atoms with Gasteiger partial charge in [-0.05, 0) is 43.8 Å². The fourth-order valence-electron chi connectivity index (χ4n) is 3.34. The number of alkyl halides is 2. The molecule has 0 spiro atoms. The summed E-state index contributed by atoms with van der Waals surface area (Å²) in [6, 6.07) is 5.33. The van der Waals surface area contributed by atoms with E-state index in [-0.39, 0.29) is 17.3 Å². The number of amides is 1. The quantitative estimate of drug-likeness (QED) is 0.449. The number of halogens is 2. The fourth-order valence-corrected chi connectivity index (χ4v) is 3.67. The number of allylic oxidation sites excluding steroid dienone is 1. The summed E-state index contributed by atoms with van der Waals surface area (Å²) in [5, 5.41) is 10.0. The number of carbonyl (C=O) groups excluding carboxylic acids is 1. The van der Waals surface area contributed by atoms with Gasteiger partial charge in [-0.15, -0.1) is 6.58 Å². The summed E-state index contributed by atoms with van der Waals surface area (Å²) in [6.07, 6.45) is 1.66. The van der Waals surface area contributed by atoms with Gasteiger partial charge in [-0.1, -0.05) is 17.3 Å². The molecule has 11 heteroatoms. The maximum atomic E-state index is 13.3. The molecule has 1 aliphatic rings. The van der Waals surface area contributed by atoms with Crippen LogP contribution in [0.2, 0.25) is 0 Å². The van der Waals surface area contributed by atoms with Gasteiger partial charge in [0.1, 0.15) is 5.76 Å². The maximum absolute atomic E-state index is 13.3. The van der Waals surface area contributed by atoms with Gasteiger partial charge in [-0.25, -0.2) is 0 Å². The molecule has 0 aliphatic carbocycles. The Morgan fingerprint density at radius 3 is 2.75 bits per heavy atom. The van der Waals surface area contributed by atoms with Crippen molar-refractivity contribution < 1.29 is 27.6 Å². The van der Waals surface area contributed by atoms with Crippen LogP contribution >= 0.6 is 12.2 Å². The molecular formula is C21H22F2N4O4S. The van der Waals surface area contributed by atoms with Gasteiger partial charge in [0.2, 0.25) is 0 Å². The number of ether oxygens (including phenoxy) is 2. The Labute approximate surface area is 188 Å². The summed E-state index contributed by atoms with van der Waals surface area (Å²) in [7, 11) is 1.34. The zero-order valence-corrected chi connectivity index (χ0v) is 18.5. The van der Waals surface area contributed by atoms with E-state index in [2.05, 4.69) is 27.1 Å². The molecule has 0 fully saturated rings. The summed E-state index contributed by atoms with van der Waals surface area (Å²) >= 11 is 5.48. The SMILES string of the molecule is C=CCN1C(=S)NC(c2ccc(OC(F)F)c(OC)c2)C(C(=O)Nc2cc(C)on2)=C1C. The van der Waals surface area contributed by atoms with Crippen LogP contribution < -0.4 is 20.1 Å². The third-order valence-electron chi connectivity index (χ3n) is 4.76. The lowest BCUT2D eigenvalue weighted by Crippen LogP contribution is -2.48. The van der Waals surface area contributed by atoms with E-state index >= 15 is 0 Å². The first-order valence-electron chi connectivity index (χ1n) is 9.52. The van der Waals surface area contributed by atoms with Crippen LogP contribution in [-0.2, 0) is 4.79 Å². The largest absolute Gasteiger partial charge is 0.493 e. The normalized spacial score (nSPS) is 16.1. The van der Waals surface area contributed by atoms with Crippen LogP contribution in [0.25, 0.3) is 0 Å². The van der Waals surface area contributed by atoms with E-state index in [0.717, 1.165) is 0 Å². The molecule has 32 heavy (non-hydrogen) atoms. The molecule has 2 heterocycles. The minimum atomic E-state index is -3.00. The minimum Gasteiger partial charge on any atom is -0.493 e. The lowest BCUT2D eigenvalue weighted by Gasteiger charge is -2.37. The van der Waals surface area contributed by atoms with Crippen LogP contribution in [0.1, 0.15) is 24.3 Å². The number of benzene rings is 1. The molecule has 170 valence electrons. The molecule has 1 aromatic heterocycles. The molecule has 1 aliphatic heterocycles. The highest BCUT2D eigenvalue weighted by Gasteiger charge is 2.34. The predicted molar refractivity (Wildman–Crippen MR) is 118 cm³/mol. The minimum absolute atomic E-state index is 0.0913. The first-order chi connectivity index (χ1) is 15.2. The van der Waals surface area contributed by atoms with Crippen LogP contribution in [0.3, 0.4) is 0 Å². The number of methoxy groups -OCH3 is 1. The van der Waals surface area contributed by atoms with Gasteiger partial charge < -0.3 is 29.5 Å². The number of aryl methyl sites for hydroxylation is 1. The van der Waals surface area contributed by atoms with Crippen LogP contribution in [0.15, 0.2) is 52.7 Å². The standard InChI is InChI=1S/C21H22F2N4O4S/c1-5-8-27-12(3)17(19(28)24-16-9-11(2)31-26-16)18(25-21(27)32)13-6-7-14(30-20(22)23)15(10-13)29-4/h5-7,9-10,18,20H,1,8H2,2-4H3,(H,25,32)(H,24,26,28). The number of thiocarbonyl (C=S) groups is 1. The first-order valence-corrected chi connectivity index (χ1v) is 9.93. The second-order valence-corrected chi connectivity index (χ2v) is 7.23. The van der Waals surface area contributed by atoms with Crippen LogP contribution in [0.4, 0.5) is 14.6 Å². The van der Waals surface area contributed by atoms with Gasteiger partial charge in [0.25, 0.3) is 5.91 Å². The fraction of sp³-hybridized carbons (Fsp3) is 0.286. The number of nitrogens with one attached hydrogen (secondary N) is 2. The molecule has 2 N–H and O–H groups in total. The summed E-state index contributed by atoms with van der Waals surface area (Å²) < 4.78 is 40.1. The number of aromatic nitrogens is 1. The molecule has 0 saturated heterocycles. The van der Waals surface area contributed by atoms with Crippen molar-refractivity contribution in [3.8, 4) is 11.5 Å². The molecule has 1 atom stereocenters. The van der Waals surface area contributed by atoms with Crippen molar-refractivity contribution in [2.75, 3.05) is 19.0 Å².